The van der Waals surface area contributed by atoms with Crippen molar-refractivity contribution in [3.63, 3.8) is 0 Å². The highest BCUT2D eigenvalue weighted by Crippen LogP contribution is 2.12. The number of guanidine groups is 1. The SMILES string of the molecule is CCCNC(=NCc1ccc([N+](=O)[O-])cc1)NC(C)COC. The Labute approximate surface area is 130 Å². The first-order valence-corrected chi connectivity index (χ1v) is 7.34. The van der Waals surface area contributed by atoms with E-state index in [9.17, 15) is 10.1 Å². The predicted molar refractivity (Wildman–Crippen MR) is 87.0 cm³/mol. The number of hydrogen-bond donors (Lipinski definition) is 2. The van der Waals surface area contributed by atoms with Crippen molar-refractivity contribution in [1.82, 2.24) is 10.6 Å². The number of rotatable bonds is 8. The number of hydrogen-bond acceptors (Lipinski definition) is 4. The Bertz CT molecular complexity index is 488. The van der Waals surface area contributed by atoms with Crippen LogP contribution in [0.5, 0.6) is 0 Å². The third-order valence-electron chi connectivity index (χ3n) is 2.91. The molecule has 1 rings (SSSR count). The molecule has 1 aromatic carbocycles. The standard InChI is InChI=1S/C15H24N4O3/c1-4-9-16-15(18-12(2)11-22-3)17-10-13-5-7-14(8-6-13)19(20)21/h5-8,12H,4,9-11H2,1-3H3,(H2,16,17,18). The number of nitrogens with one attached hydrogen (secondary N) is 2. The van der Waals surface area contributed by atoms with E-state index in [1.807, 2.05) is 6.92 Å². The predicted octanol–water partition coefficient (Wildman–Crippen LogP) is 2.07. The molecule has 2 N–H and O–H groups in total. The van der Waals surface area contributed by atoms with Gasteiger partial charge in [0.2, 0.25) is 0 Å². The molecule has 0 bridgehead atoms. The van der Waals surface area contributed by atoms with Crippen molar-refractivity contribution in [3.05, 3.63) is 39.9 Å². The highest BCUT2D eigenvalue weighted by Gasteiger charge is 2.06. The molecule has 0 aliphatic heterocycles. The smallest absolute Gasteiger partial charge is 0.269 e. The zero-order valence-electron chi connectivity index (χ0n) is 13.3. The van der Waals surface area contributed by atoms with Gasteiger partial charge in [0.25, 0.3) is 5.69 Å². The van der Waals surface area contributed by atoms with Crippen LogP contribution in [0.3, 0.4) is 0 Å². The number of nitrogens with zero attached hydrogens (tertiary/aromatic N) is 2. The second-order valence-corrected chi connectivity index (χ2v) is 5.02. The fourth-order valence-corrected chi connectivity index (χ4v) is 1.81. The van der Waals surface area contributed by atoms with Gasteiger partial charge in [-0.15, -0.1) is 0 Å². The Hall–Kier alpha value is -2.15. The zero-order valence-corrected chi connectivity index (χ0v) is 13.3. The zero-order chi connectivity index (χ0) is 16.4. The second kappa shape index (κ2) is 9.73. The van der Waals surface area contributed by atoms with Gasteiger partial charge >= 0.3 is 0 Å². The Kier molecular flexibility index (Phi) is 7.91. The van der Waals surface area contributed by atoms with Gasteiger partial charge in [0.05, 0.1) is 18.1 Å². The minimum atomic E-state index is -0.407. The molecule has 1 aromatic rings. The first-order chi connectivity index (χ1) is 10.6. The highest BCUT2D eigenvalue weighted by molar-refractivity contribution is 5.80. The van der Waals surface area contributed by atoms with Crippen LogP contribution in [0.15, 0.2) is 29.3 Å². The van der Waals surface area contributed by atoms with Gasteiger partial charge in [0.15, 0.2) is 5.96 Å². The Morgan fingerprint density at radius 3 is 2.64 bits per heavy atom. The number of ether oxygens (including phenoxy) is 1. The average molecular weight is 308 g/mol. The molecule has 0 aromatic heterocycles. The summed E-state index contributed by atoms with van der Waals surface area (Å²) in [4.78, 5) is 14.7. The van der Waals surface area contributed by atoms with Gasteiger partial charge in [0.1, 0.15) is 0 Å². The number of aliphatic imine (C=N–C) groups is 1. The minimum absolute atomic E-state index is 0.0869. The molecule has 0 aliphatic carbocycles. The molecule has 7 heteroatoms. The van der Waals surface area contributed by atoms with Crippen LogP contribution in [0.25, 0.3) is 0 Å². The van der Waals surface area contributed by atoms with Crippen molar-refractivity contribution in [2.45, 2.75) is 32.9 Å². The molecule has 0 aliphatic rings. The van der Waals surface area contributed by atoms with Crippen LogP contribution in [0.1, 0.15) is 25.8 Å². The van der Waals surface area contributed by atoms with E-state index in [0.717, 1.165) is 18.5 Å². The summed E-state index contributed by atoms with van der Waals surface area (Å²) in [7, 11) is 1.66. The van der Waals surface area contributed by atoms with Gasteiger partial charge < -0.3 is 15.4 Å². The van der Waals surface area contributed by atoms with Gasteiger partial charge in [-0.1, -0.05) is 19.1 Å². The Morgan fingerprint density at radius 2 is 2.09 bits per heavy atom. The van der Waals surface area contributed by atoms with E-state index < -0.39 is 4.92 Å². The Balaban J connectivity index is 2.67. The molecule has 0 fully saturated rings. The maximum atomic E-state index is 10.6. The summed E-state index contributed by atoms with van der Waals surface area (Å²) in [6, 6.07) is 6.57. The third kappa shape index (κ3) is 6.53. The number of methoxy groups -OCH3 is 1. The average Bonchev–Trinajstić information content (AvgIpc) is 2.50. The van der Waals surface area contributed by atoms with E-state index in [2.05, 4.69) is 22.5 Å². The van der Waals surface area contributed by atoms with E-state index in [0.29, 0.717) is 19.1 Å². The van der Waals surface area contributed by atoms with Gasteiger partial charge in [-0.25, -0.2) is 4.99 Å². The van der Waals surface area contributed by atoms with E-state index in [1.54, 1.807) is 19.2 Å². The normalized spacial score (nSPS) is 12.8. The van der Waals surface area contributed by atoms with E-state index in [-0.39, 0.29) is 11.7 Å². The molecule has 1 atom stereocenters. The van der Waals surface area contributed by atoms with Crippen LogP contribution in [-0.2, 0) is 11.3 Å². The lowest BCUT2D eigenvalue weighted by molar-refractivity contribution is -0.384. The largest absolute Gasteiger partial charge is 0.383 e. The number of nitro benzene ring substituents is 1. The lowest BCUT2D eigenvalue weighted by atomic mass is 10.2. The molecule has 0 heterocycles. The highest BCUT2D eigenvalue weighted by atomic mass is 16.6. The number of benzene rings is 1. The monoisotopic (exact) mass is 308 g/mol. The van der Waals surface area contributed by atoms with Crippen LogP contribution in [-0.4, -0.2) is 37.2 Å². The maximum absolute atomic E-state index is 10.6. The van der Waals surface area contributed by atoms with Crippen molar-refractivity contribution in [2.75, 3.05) is 20.3 Å². The summed E-state index contributed by atoms with van der Waals surface area (Å²) in [5.74, 6) is 0.713. The molecule has 1 unspecified atom stereocenters. The minimum Gasteiger partial charge on any atom is -0.383 e. The summed E-state index contributed by atoms with van der Waals surface area (Å²) in [5, 5.41) is 17.1. The molecule has 0 spiro atoms. The molecule has 0 amide bonds. The quantitative estimate of drug-likeness (QED) is 0.332. The maximum Gasteiger partial charge on any atom is 0.269 e. The summed E-state index contributed by atoms with van der Waals surface area (Å²) < 4.78 is 5.10. The molecular weight excluding hydrogens is 284 g/mol. The molecule has 122 valence electrons. The van der Waals surface area contributed by atoms with Gasteiger partial charge in [-0.2, -0.15) is 0 Å². The van der Waals surface area contributed by atoms with Gasteiger partial charge in [-0.3, -0.25) is 10.1 Å². The molecule has 0 saturated heterocycles. The van der Waals surface area contributed by atoms with Gasteiger partial charge in [0, 0.05) is 31.8 Å². The fraction of sp³-hybridized carbons (Fsp3) is 0.533. The molecule has 0 radical (unpaired) electrons. The second-order valence-electron chi connectivity index (χ2n) is 5.02. The van der Waals surface area contributed by atoms with E-state index in [1.165, 1.54) is 12.1 Å². The molecule has 22 heavy (non-hydrogen) atoms. The van der Waals surface area contributed by atoms with Crippen molar-refractivity contribution >= 4 is 11.6 Å². The summed E-state index contributed by atoms with van der Waals surface area (Å²) in [6.07, 6.45) is 0.997. The lowest BCUT2D eigenvalue weighted by Gasteiger charge is -2.17. The number of nitro groups is 1. The summed E-state index contributed by atoms with van der Waals surface area (Å²) >= 11 is 0. The van der Waals surface area contributed by atoms with Crippen molar-refractivity contribution < 1.29 is 9.66 Å². The van der Waals surface area contributed by atoms with Crippen LogP contribution in [0.4, 0.5) is 5.69 Å². The first kappa shape index (κ1) is 17.9. The lowest BCUT2D eigenvalue weighted by Crippen LogP contribution is -2.44. The van der Waals surface area contributed by atoms with E-state index in [4.69, 9.17) is 4.74 Å². The van der Waals surface area contributed by atoms with Crippen LogP contribution in [0, 0.1) is 10.1 Å². The van der Waals surface area contributed by atoms with Crippen LogP contribution in [0.2, 0.25) is 0 Å². The van der Waals surface area contributed by atoms with Crippen LogP contribution < -0.4 is 10.6 Å². The summed E-state index contributed by atoms with van der Waals surface area (Å²) in [6.45, 7) is 5.96. The fourth-order valence-electron chi connectivity index (χ4n) is 1.81. The Morgan fingerprint density at radius 1 is 1.41 bits per heavy atom. The molecule has 7 nitrogen and oxygen atoms in total. The van der Waals surface area contributed by atoms with Crippen molar-refractivity contribution in [1.29, 1.82) is 0 Å². The summed E-state index contributed by atoms with van der Waals surface area (Å²) in [5.41, 5.74) is 1.01. The number of non-ortho nitro benzene ring substituents is 1. The van der Waals surface area contributed by atoms with E-state index >= 15 is 0 Å². The van der Waals surface area contributed by atoms with Crippen molar-refractivity contribution in [2.24, 2.45) is 4.99 Å². The van der Waals surface area contributed by atoms with Crippen molar-refractivity contribution in [3.8, 4) is 0 Å². The first-order valence-electron chi connectivity index (χ1n) is 7.34. The topological polar surface area (TPSA) is 88.8 Å². The van der Waals surface area contributed by atoms with Gasteiger partial charge in [-0.05, 0) is 18.9 Å². The molecule has 0 saturated carbocycles. The molecular formula is C15H24N4O3. The third-order valence-corrected chi connectivity index (χ3v) is 2.91. The van der Waals surface area contributed by atoms with Crippen LogP contribution >= 0.6 is 0 Å².